The molecule has 1 rings (SSSR count). The van der Waals surface area contributed by atoms with Crippen LogP contribution < -0.4 is 0 Å². The van der Waals surface area contributed by atoms with Crippen molar-refractivity contribution < 1.29 is 4.74 Å². The number of nitrogens with zero attached hydrogens (tertiary/aromatic N) is 1. The van der Waals surface area contributed by atoms with Crippen molar-refractivity contribution in [3.63, 3.8) is 0 Å². The van der Waals surface area contributed by atoms with Gasteiger partial charge >= 0.3 is 0 Å². The van der Waals surface area contributed by atoms with Crippen molar-refractivity contribution in [2.75, 3.05) is 44.6 Å². The van der Waals surface area contributed by atoms with Crippen molar-refractivity contribution in [1.29, 1.82) is 0 Å². The van der Waals surface area contributed by atoms with E-state index in [0.29, 0.717) is 11.8 Å². The summed E-state index contributed by atoms with van der Waals surface area (Å²) >= 11 is 11.5. The highest BCUT2D eigenvalue weighted by Gasteiger charge is 2.16. The first-order valence-corrected chi connectivity index (χ1v) is 6.35. The summed E-state index contributed by atoms with van der Waals surface area (Å²) in [5, 5.41) is 0. The molecule has 1 heterocycles. The first-order valence-electron chi connectivity index (χ1n) is 5.29. The maximum Gasteiger partial charge on any atom is 0.0469 e. The number of rotatable bonds is 6. The molecule has 0 unspecified atom stereocenters. The van der Waals surface area contributed by atoms with E-state index >= 15 is 0 Å². The third-order valence-electron chi connectivity index (χ3n) is 2.66. The lowest BCUT2D eigenvalue weighted by Crippen LogP contribution is -2.35. The molecule has 0 aromatic carbocycles. The topological polar surface area (TPSA) is 12.5 Å². The standard InChI is InChI=1S/C10H19Cl2NO.ClH/c11-3-5-13(6-4-12)9-10-1-7-14-8-2-10;/h10H,1-9H2;1H. The van der Waals surface area contributed by atoms with Gasteiger partial charge in [-0.1, -0.05) is 0 Å². The van der Waals surface area contributed by atoms with Crippen LogP contribution in [0.3, 0.4) is 0 Å². The van der Waals surface area contributed by atoms with Gasteiger partial charge in [0.15, 0.2) is 0 Å². The van der Waals surface area contributed by atoms with Gasteiger partial charge < -0.3 is 9.64 Å². The van der Waals surface area contributed by atoms with Gasteiger partial charge in [-0.2, -0.15) is 0 Å². The lowest BCUT2D eigenvalue weighted by Gasteiger charge is -2.28. The molecule has 92 valence electrons. The molecular formula is C10H20Cl3NO. The van der Waals surface area contributed by atoms with Gasteiger partial charge in [0.2, 0.25) is 0 Å². The minimum atomic E-state index is 0. The molecule has 0 amide bonds. The molecule has 1 aliphatic heterocycles. The van der Waals surface area contributed by atoms with Gasteiger partial charge in [0.25, 0.3) is 0 Å². The van der Waals surface area contributed by atoms with Crippen molar-refractivity contribution >= 4 is 35.6 Å². The summed E-state index contributed by atoms with van der Waals surface area (Å²) in [6.07, 6.45) is 2.36. The molecule has 0 radical (unpaired) electrons. The molecule has 1 aliphatic rings. The fourth-order valence-corrected chi connectivity index (χ4v) is 2.31. The number of ether oxygens (including phenoxy) is 1. The average Bonchev–Trinajstić information content (AvgIpc) is 2.20. The summed E-state index contributed by atoms with van der Waals surface area (Å²) in [6, 6.07) is 0. The quantitative estimate of drug-likeness (QED) is 0.692. The molecule has 1 fully saturated rings. The van der Waals surface area contributed by atoms with E-state index in [1.807, 2.05) is 0 Å². The predicted octanol–water partition coefficient (Wildman–Crippen LogP) is 2.61. The van der Waals surface area contributed by atoms with E-state index in [1.165, 1.54) is 12.8 Å². The molecule has 15 heavy (non-hydrogen) atoms. The lowest BCUT2D eigenvalue weighted by molar-refractivity contribution is 0.0541. The molecular weight excluding hydrogens is 256 g/mol. The van der Waals surface area contributed by atoms with E-state index in [1.54, 1.807) is 0 Å². The van der Waals surface area contributed by atoms with E-state index in [4.69, 9.17) is 27.9 Å². The van der Waals surface area contributed by atoms with E-state index in [0.717, 1.165) is 38.8 Å². The van der Waals surface area contributed by atoms with Gasteiger partial charge in [-0.05, 0) is 18.8 Å². The van der Waals surface area contributed by atoms with Gasteiger partial charge in [-0.15, -0.1) is 35.6 Å². The van der Waals surface area contributed by atoms with E-state index < -0.39 is 0 Å². The second-order valence-electron chi connectivity index (χ2n) is 3.73. The van der Waals surface area contributed by atoms with Gasteiger partial charge in [0, 0.05) is 44.6 Å². The third-order valence-corrected chi connectivity index (χ3v) is 3.00. The highest BCUT2D eigenvalue weighted by molar-refractivity contribution is 6.18. The molecule has 0 aromatic heterocycles. The Morgan fingerprint density at radius 2 is 1.60 bits per heavy atom. The van der Waals surface area contributed by atoms with Crippen molar-refractivity contribution in [3.8, 4) is 0 Å². The maximum atomic E-state index is 5.74. The third kappa shape index (κ3) is 6.85. The summed E-state index contributed by atoms with van der Waals surface area (Å²) < 4.78 is 5.33. The molecule has 0 aliphatic carbocycles. The monoisotopic (exact) mass is 275 g/mol. The fourth-order valence-electron chi connectivity index (χ4n) is 1.83. The van der Waals surface area contributed by atoms with Crippen LogP contribution in [0.2, 0.25) is 0 Å². The number of hydrogen-bond acceptors (Lipinski definition) is 2. The van der Waals surface area contributed by atoms with Crippen LogP contribution in [0.15, 0.2) is 0 Å². The van der Waals surface area contributed by atoms with Crippen molar-refractivity contribution in [2.24, 2.45) is 5.92 Å². The Balaban J connectivity index is 0.00000196. The summed E-state index contributed by atoms with van der Waals surface area (Å²) in [5.41, 5.74) is 0. The van der Waals surface area contributed by atoms with Crippen LogP contribution in [-0.4, -0.2) is 49.5 Å². The molecule has 0 bridgehead atoms. The number of halogens is 3. The SMILES string of the molecule is Cl.ClCCN(CCCl)CC1CCOCC1. The Hall–Kier alpha value is 0.790. The predicted molar refractivity (Wildman–Crippen MR) is 68.7 cm³/mol. The van der Waals surface area contributed by atoms with Crippen LogP contribution in [0.1, 0.15) is 12.8 Å². The normalized spacial score (nSPS) is 17.8. The molecule has 2 nitrogen and oxygen atoms in total. The van der Waals surface area contributed by atoms with Gasteiger partial charge in [-0.25, -0.2) is 0 Å². The van der Waals surface area contributed by atoms with E-state index in [9.17, 15) is 0 Å². The Morgan fingerprint density at radius 1 is 1.07 bits per heavy atom. The number of hydrogen-bond donors (Lipinski definition) is 0. The van der Waals surface area contributed by atoms with E-state index in [-0.39, 0.29) is 12.4 Å². The molecule has 1 saturated heterocycles. The lowest BCUT2D eigenvalue weighted by atomic mass is 10.00. The molecule has 0 spiro atoms. The second kappa shape index (κ2) is 9.98. The highest BCUT2D eigenvalue weighted by Crippen LogP contribution is 2.16. The molecule has 0 atom stereocenters. The summed E-state index contributed by atoms with van der Waals surface area (Å²) in [4.78, 5) is 2.36. The minimum Gasteiger partial charge on any atom is -0.381 e. The zero-order valence-corrected chi connectivity index (χ0v) is 11.3. The van der Waals surface area contributed by atoms with Crippen LogP contribution in [0.5, 0.6) is 0 Å². The van der Waals surface area contributed by atoms with Crippen LogP contribution >= 0.6 is 35.6 Å². The maximum absolute atomic E-state index is 5.74. The van der Waals surface area contributed by atoms with Crippen molar-refractivity contribution in [3.05, 3.63) is 0 Å². The van der Waals surface area contributed by atoms with Crippen LogP contribution in [-0.2, 0) is 4.74 Å². The van der Waals surface area contributed by atoms with Gasteiger partial charge in [-0.3, -0.25) is 0 Å². The summed E-state index contributed by atoms with van der Waals surface area (Å²) in [7, 11) is 0. The van der Waals surface area contributed by atoms with Crippen molar-refractivity contribution in [2.45, 2.75) is 12.8 Å². The zero-order valence-electron chi connectivity index (χ0n) is 8.96. The minimum absolute atomic E-state index is 0. The smallest absolute Gasteiger partial charge is 0.0469 e. The largest absolute Gasteiger partial charge is 0.381 e. The van der Waals surface area contributed by atoms with E-state index in [2.05, 4.69) is 4.90 Å². The summed E-state index contributed by atoms with van der Waals surface area (Å²) in [5.74, 6) is 2.16. The second-order valence-corrected chi connectivity index (χ2v) is 4.49. The van der Waals surface area contributed by atoms with Gasteiger partial charge in [0.05, 0.1) is 0 Å². The first-order chi connectivity index (χ1) is 6.86. The Morgan fingerprint density at radius 3 is 2.07 bits per heavy atom. The molecule has 0 aromatic rings. The Labute approximate surface area is 109 Å². The average molecular weight is 277 g/mol. The molecule has 0 N–H and O–H groups in total. The van der Waals surface area contributed by atoms with Crippen LogP contribution in [0.25, 0.3) is 0 Å². The molecule has 5 heteroatoms. The zero-order chi connectivity index (χ0) is 10.2. The fraction of sp³-hybridized carbons (Fsp3) is 1.00. The Kier molecular flexibility index (Phi) is 10.5. The number of alkyl halides is 2. The van der Waals surface area contributed by atoms with Crippen LogP contribution in [0, 0.1) is 5.92 Å². The highest BCUT2D eigenvalue weighted by atomic mass is 35.5. The Bertz CT molecular complexity index is 137. The van der Waals surface area contributed by atoms with Crippen LogP contribution in [0.4, 0.5) is 0 Å². The molecule has 0 saturated carbocycles. The summed E-state index contributed by atoms with van der Waals surface area (Å²) in [6.45, 7) is 4.86. The van der Waals surface area contributed by atoms with Gasteiger partial charge in [0.1, 0.15) is 0 Å². The van der Waals surface area contributed by atoms with Crippen molar-refractivity contribution in [1.82, 2.24) is 4.90 Å². The first kappa shape index (κ1) is 15.8.